The lowest BCUT2D eigenvalue weighted by atomic mass is 10.1. The Morgan fingerprint density at radius 1 is 1.00 bits per heavy atom. The van der Waals surface area contributed by atoms with E-state index < -0.39 is 17.4 Å². The Kier molecular flexibility index (Phi) is 6.87. The fourth-order valence-electron chi connectivity index (χ4n) is 3.23. The molecule has 0 saturated heterocycles. The van der Waals surface area contributed by atoms with Crippen molar-refractivity contribution in [1.29, 1.82) is 0 Å². The molecule has 0 fully saturated rings. The summed E-state index contributed by atoms with van der Waals surface area (Å²) in [5.74, 6) is 0.322. The van der Waals surface area contributed by atoms with Crippen molar-refractivity contribution >= 4 is 17.5 Å². The number of benzene rings is 2. The summed E-state index contributed by atoms with van der Waals surface area (Å²) in [4.78, 5) is 36.1. The molecule has 3 aromatic rings. The predicted octanol–water partition coefficient (Wildman–Crippen LogP) is 3.02. The number of carbonyl (C=O) groups excluding carboxylic acids is 2. The van der Waals surface area contributed by atoms with Crippen LogP contribution >= 0.6 is 0 Å². The van der Waals surface area contributed by atoms with E-state index in [0.29, 0.717) is 29.9 Å². The Labute approximate surface area is 179 Å². The summed E-state index contributed by atoms with van der Waals surface area (Å²) in [5.41, 5.74) is 7.34. The van der Waals surface area contributed by atoms with Crippen LogP contribution in [0.15, 0.2) is 63.8 Å². The van der Waals surface area contributed by atoms with E-state index in [1.54, 1.807) is 44.4 Å². The van der Waals surface area contributed by atoms with Crippen molar-refractivity contribution in [2.24, 2.45) is 5.73 Å². The summed E-state index contributed by atoms with van der Waals surface area (Å²) >= 11 is 0. The number of hydrogen-bond donors (Lipinski definition) is 2. The van der Waals surface area contributed by atoms with Crippen LogP contribution in [0.4, 0.5) is 5.69 Å². The molecule has 160 valence electrons. The summed E-state index contributed by atoms with van der Waals surface area (Å²) in [6, 6.07) is 16.1. The minimum absolute atomic E-state index is 0.0330. The molecule has 2 aromatic carbocycles. The largest absolute Gasteiger partial charge is 0.497 e. The first-order valence-corrected chi connectivity index (χ1v) is 9.81. The van der Waals surface area contributed by atoms with Gasteiger partial charge in [-0.2, -0.15) is 0 Å². The van der Waals surface area contributed by atoms with Crippen LogP contribution in [0.3, 0.4) is 0 Å². The summed E-state index contributed by atoms with van der Waals surface area (Å²) < 4.78 is 10.5. The van der Waals surface area contributed by atoms with Crippen molar-refractivity contribution in [3.63, 3.8) is 0 Å². The zero-order valence-corrected chi connectivity index (χ0v) is 17.4. The van der Waals surface area contributed by atoms with Crippen LogP contribution in [0.25, 0.3) is 0 Å². The van der Waals surface area contributed by atoms with Crippen LogP contribution in [0.5, 0.6) is 5.75 Å². The van der Waals surface area contributed by atoms with Gasteiger partial charge in [0.25, 0.3) is 5.91 Å². The number of anilines is 1. The second kappa shape index (κ2) is 9.75. The normalized spacial score (nSPS) is 10.5. The zero-order valence-electron chi connectivity index (χ0n) is 17.4. The lowest BCUT2D eigenvalue weighted by Gasteiger charge is -2.09. The molecule has 3 N–H and O–H groups in total. The number of nitrogens with one attached hydrogen (secondary N) is 1. The lowest BCUT2D eigenvalue weighted by Crippen LogP contribution is -2.23. The molecule has 1 aromatic heterocycles. The van der Waals surface area contributed by atoms with Crippen LogP contribution < -0.4 is 21.4 Å². The Morgan fingerprint density at radius 2 is 1.65 bits per heavy atom. The van der Waals surface area contributed by atoms with Gasteiger partial charge in [0.05, 0.1) is 13.5 Å². The van der Waals surface area contributed by atoms with Crippen LogP contribution in [-0.2, 0) is 24.1 Å². The highest BCUT2D eigenvalue weighted by Gasteiger charge is 2.17. The Balaban J connectivity index is 1.68. The summed E-state index contributed by atoms with van der Waals surface area (Å²) in [6.45, 7) is 1.71. The molecule has 2 amide bonds. The average molecular weight is 420 g/mol. The Hall–Kier alpha value is -3.87. The number of hydrogen-bond acceptors (Lipinski definition) is 5. The predicted molar refractivity (Wildman–Crippen MR) is 117 cm³/mol. The molecule has 0 bridgehead atoms. The molecule has 0 aliphatic carbocycles. The monoisotopic (exact) mass is 420 g/mol. The topological polar surface area (TPSA) is 112 Å². The van der Waals surface area contributed by atoms with E-state index in [4.69, 9.17) is 14.9 Å². The smallest absolute Gasteiger partial charge is 0.349 e. The Bertz CT molecular complexity index is 1130. The van der Waals surface area contributed by atoms with Gasteiger partial charge < -0.3 is 20.2 Å². The molecular weight excluding hydrogens is 396 g/mol. The molecule has 0 atom stereocenters. The second-order valence-corrected chi connectivity index (χ2v) is 7.20. The van der Waals surface area contributed by atoms with Crippen molar-refractivity contribution in [3.05, 3.63) is 93.0 Å². The van der Waals surface area contributed by atoms with Gasteiger partial charge in [0.15, 0.2) is 0 Å². The molecular formula is C24H24N2O5. The molecule has 0 radical (unpaired) electrons. The third kappa shape index (κ3) is 5.82. The van der Waals surface area contributed by atoms with Gasteiger partial charge in [-0.25, -0.2) is 4.79 Å². The van der Waals surface area contributed by atoms with E-state index in [0.717, 1.165) is 16.9 Å². The highest BCUT2D eigenvalue weighted by Crippen LogP contribution is 2.16. The number of rotatable bonds is 8. The van der Waals surface area contributed by atoms with Gasteiger partial charge in [0, 0.05) is 12.1 Å². The molecule has 7 heteroatoms. The van der Waals surface area contributed by atoms with Gasteiger partial charge in [-0.15, -0.1) is 0 Å². The van der Waals surface area contributed by atoms with Gasteiger partial charge >= 0.3 is 5.63 Å². The quantitative estimate of drug-likeness (QED) is 0.582. The minimum atomic E-state index is -0.674. The van der Waals surface area contributed by atoms with E-state index in [2.05, 4.69) is 5.32 Å². The van der Waals surface area contributed by atoms with Gasteiger partial charge in [-0.05, 0) is 60.4 Å². The third-order valence-corrected chi connectivity index (χ3v) is 4.84. The first-order valence-electron chi connectivity index (χ1n) is 9.81. The molecule has 3 rings (SSSR count). The van der Waals surface area contributed by atoms with E-state index in [9.17, 15) is 14.4 Å². The van der Waals surface area contributed by atoms with E-state index in [-0.39, 0.29) is 12.0 Å². The van der Waals surface area contributed by atoms with Crippen LogP contribution in [0, 0.1) is 6.92 Å². The van der Waals surface area contributed by atoms with Gasteiger partial charge in [-0.1, -0.05) is 24.3 Å². The second-order valence-electron chi connectivity index (χ2n) is 7.20. The van der Waals surface area contributed by atoms with Crippen molar-refractivity contribution in [2.75, 3.05) is 12.4 Å². The number of nitrogens with two attached hydrogens (primary N) is 1. The van der Waals surface area contributed by atoms with Crippen molar-refractivity contribution in [3.8, 4) is 5.75 Å². The minimum Gasteiger partial charge on any atom is -0.497 e. The molecule has 7 nitrogen and oxygen atoms in total. The standard InChI is InChI=1S/C24H24N2O5/c1-15-13-20(12-7-16-5-10-19(30-2)11-6-16)31-24(29)22(15)23(28)26-18-8-3-17(4-9-18)14-21(25)27/h3-6,8-11,13H,7,12,14H2,1-2H3,(H2,25,27)(H,26,28). The van der Waals surface area contributed by atoms with Crippen molar-refractivity contribution < 1.29 is 18.7 Å². The maximum Gasteiger partial charge on any atom is 0.349 e. The average Bonchev–Trinajstić information content (AvgIpc) is 2.73. The first-order chi connectivity index (χ1) is 14.9. The van der Waals surface area contributed by atoms with E-state index >= 15 is 0 Å². The van der Waals surface area contributed by atoms with Crippen molar-refractivity contribution in [1.82, 2.24) is 0 Å². The lowest BCUT2D eigenvalue weighted by molar-refractivity contribution is -0.117. The van der Waals surface area contributed by atoms with Gasteiger partial charge in [0.2, 0.25) is 5.91 Å². The number of methoxy groups -OCH3 is 1. The number of ether oxygens (including phenoxy) is 1. The van der Waals surface area contributed by atoms with Crippen LogP contribution in [0.2, 0.25) is 0 Å². The highest BCUT2D eigenvalue weighted by atomic mass is 16.5. The number of primary amides is 1. The van der Waals surface area contributed by atoms with E-state index in [1.807, 2.05) is 24.3 Å². The fraction of sp³-hybridized carbons (Fsp3) is 0.208. The summed E-state index contributed by atoms with van der Waals surface area (Å²) in [7, 11) is 1.61. The maximum atomic E-state index is 12.6. The molecule has 0 saturated carbocycles. The Morgan fingerprint density at radius 3 is 2.23 bits per heavy atom. The SMILES string of the molecule is COc1ccc(CCc2cc(C)c(C(=O)Nc3ccc(CC(N)=O)cc3)c(=O)o2)cc1. The molecule has 1 heterocycles. The van der Waals surface area contributed by atoms with Crippen LogP contribution in [-0.4, -0.2) is 18.9 Å². The van der Waals surface area contributed by atoms with Gasteiger partial charge in [-0.3, -0.25) is 9.59 Å². The zero-order chi connectivity index (χ0) is 22.4. The molecule has 0 aliphatic heterocycles. The highest BCUT2D eigenvalue weighted by molar-refractivity contribution is 6.04. The number of amides is 2. The van der Waals surface area contributed by atoms with Crippen molar-refractivity contribution in [2.45, 2.75) is 26.2 Å². The molecule has 0 spiro atoms. The number of aryl methyl sites for hydroxylation is 3. The fourth-order valence-corrected chi connectivity index (χ4v) is 3.23. The molecule has 0 aliphatic rings. The van der Waals surface area contributed by atoms with Crippen LogP contribution in [0.1, 0.15) is 32.8 Å². The molecule has 0 unspecified atom stereocenters. The number of carbonyl (C=O) groups is 2. The maximum absolute atomic E-state index is 12.6. The first kappa shape index (κ1) is 21.8. The molecule has 31 heavy (non-hydrogen) atoms. The summed E-state index contributed by atoms with van der Waals surface area (Å²) in [6.07, 6.45) is 1.34. The third-order valence-electron chi connectivity index (χ3n) is 4.84. The summed E-state index contributed by atoms with van der Waals surface area (Å²) in [5, 5.41) is 2.68. The van der Waals surface area contributed by atoms with Gasteiger partial charge in [0.1, 0.15) is 17.1 Å². The van der Waals surface area contributed by atoms with E-state index in [1.165, 1.54) is 0 Å².